The fourth-order valence-electron chi connectivity index (χ4n) is 1.31. The van der Waals surface area contributed by atoms with Crippen molar-refractivity contribution >= 4 is 39.1 Å². The molecule has 0 bridgehead atoms. The Kier molecular flexibility index (Phi) is 5.58. The summed E-state index contributed by atoms with van der Waals surface area (Å²) in [6.45, 7) is -2.07. The Balaban J connectivity index is 2.92. The van der Waals surface area contributed by atoms with Crippen LogP contribution in [0.5, 0.6) is 0 Å². The van der Waals surface area contributed by atoms with Gasteiger partial charge in [-0.15, -0.1) is 11.3 Å². The van der Waals surface area contributed by atoms with Gasteiger partial charge in [0.25, 0.3) is 5.91 Å². The fraction of sp³-hybridized carbons (Fsp3) is 0.455. The lowest BCUT2D eigenvalue weighted by atomic mass is 10.3. The summed E-state index contributed by atoms with van der Waals surface area (Å²) in [5.74, 6) is -1.38. The topological polar surface area (TPSA) is 40.6 Å². The number of likely N-dealkylation sites (N-methyl/N-ethyl adjacent to an activating group) is 1. The summed E-state index contributed by atoms with van der Waals surface area (Å²) >= 11 is 4.15. The molecule has 0 saturated heterocycles. The number of nitrogens with zero attached hydrogens (tertiary/aromatic N) is 2. The van der Waals surface area contributed by atoms with E-state index in [2.05, 4.69) is 15.9 Å². The monoisotopic (exact) mass is 372 g/mol. The maximum absolute atomic E-state index is 12.5. The number of carbonyl (C=O) groups excluding carboxylic acids is 2. The molecule has 0 unspecified atom stereocenters. The average molecular weight is 373 g/mol. The lowest BCUT2D eigenvalue weighted by molar-refractivity contribution is -0.146. The van der Waals surface area contributed by atoms with E-state index >= 15 is 0 Å². The zero-order valence-corrected chi connectivity index (χ0v) is 13.1. The van der Waals surface area contributed by atoms with Gasteiger partial charge < -0.3 is 9.80 Å². The summed E-state index contributed by atoms with van der Waals surface area (Å²) in [6, 6.07) is 2.98. The Labute approximate surface area is 126 Å². The smallest absolute Gasteiger partial charge is 0.347 e. The molecule has 0 N–H and O–H groups in total. The molecule has 0 aromatic carbocycles. The Morgan fingerprint density at radius 1 is 1.30 bits per heavy atom. The summed E-state index contributed by atoms with van der Waals surface area (Å²) in [5.41, 5.74) is 0. The minimum atomic E-state index is -4.56. The van der Waals surface area contributed by atoms with Gasteiger partial charge in [-0.1, -0.05) is 0 Å². The van der Waals surface area contributed by atoms with Crippen molar-refractivity contribution in [2.24, 2.45) is 0 Å². The van der Waals surface area contributed by atoms with Gasteiger partial charge >= 0.3 is 6.18 Å². The van der Waals surface area contributed by atoms with Crippen LogP contribution in [0.25, 0.3) is 0 Å². The molecule has 0 atom stereocenters. The van der Waals surface area contributed by atoms with E-state index in [0.29, 0.717) is 8.69 Å². The third-order valence-corrected chi connectivity index (χ3v) is 3.88. The second kappa shape index (κ2) is 6.57. The van der Waals surface area contributed by atoms with Gasteiger partial charge in [-0.25, -0.2) is 0 Å². The molecule has 0 fully saturated rings. The van der Waals surface area contributed by atoms with Gasteiger partial charge in [0.15, 0.2) is 0 Å². The van der Waals surface area contributed by atoms with Crippen LogP contribution in [0.15, 0.2) is 15.9 Å². The number of carbonyl (C=O) groups is 2. The molecule has 20 heavy (non-hydrogen) atoms. The van der Waals surface area contributed by atoms with Crippen molar-refractivity contribution in [1.29, 1.82) is 0 Å². The van der Waals surface area contributed by atoms with Crippen molar-refractivity contribution in [3.05, 3.63) is 20.8 Å². The first-order chi connectivity index (χ1) is 9.10. The van der Waals surface area contributed by atoms with E-state index in [9.17, 15) is 22.8 Å². The predicted octanol–water partition coefficient (Wildman–Crippen LogP) is 2.60. The minimum Gasteiger partial charge on any atom is -0.347 e. The number of thiophene rings is 1. The lowest BCUT2D eigenvalue weighted by Crippen LogP contribution is -2.44. The molecule has 2 amide bonds. The van der Waals surface area contributed by atoms with E-state index in [1.54, 1.807) is 6.07 Å². The standard InChI is InChI=1S/C11H12BrF3N2O2S/c1-16(2)9(18)5-17(6-11(13,14)15)10(19)7-3-4-8(12)20-7/h3-4H,5-6H2,1-2H3. The molecule has 112 valence electrons. The van der Waals surface area contributed by atoms with Crippen LogP contribution in [0, 0.1) is 0 Å². The van der Waals surface area contributed by atoms with Crippen molar-refractivity contribution in [2.45, 2.75) is 6.18 Å². The minimum absolute atomic E-state index is 0.146. The average Bonchev–Trinajstić information content (AvgIpc) is 2.72. The van der Waals surface area contributed by atoms with Crippen LogP contribution >= 0.6 is 27.3 Å². The second-order valence-electron chi connectivity index (χ2n) is 4.17. The van der Waals surface area contributed by atoms with Gasteiger partial charge in [-0.3, -0.25) is 9.59 Å². The summed E-state index contributed by atoms with van der Waals surface area (Å²) < 4.78 is 38.2. The van der Waals surface area contributed by atoms with Crippen molar-refractivity contribution in [1.82, 2.24) is 9.80 Å². The number of amides is 2. The van der Waals surface area contributed by atoms with Crippen LogP contribution < -0.4 is 0 Å². The van der Waals surface area contributed by atoms with Gasteiger partial charge in [0.1, 0.15) is 13.1 Å². The molecule has 1 heterocycles. The van der Waals surface area contributed by atoms with E-state index in [1.165, 1.54) is 20.2 Å². The van der Waals surface area contributed by atoms with Gasteiger partial charge in [-0.05, 0) is 28.1 Å². The predicted molar refractivity (Wildman–Crippen MR) is 72.7 cm³/mol. The lowest BCUT2D eigenvalue weighted by Gasteiger charge is -2.24. The maximum atomic E-state index is 12.5. The third kappa shape index (κ3) is 5.12. The number of hydrogen-bond donors (Lipinski definition) is 0. The van der Waals surface area contributed by atoms with Crippen LogP contribution in [0.2, 0.25) is 0 Å². The first kappa shape index (κ1) is 17.0. The second-order valence-corrected chi connectivity index (χ2v) is 6.63. The molecule has 1 aromatic rings. The number of halogens is 4. The molecule has 0 saturated carbocycles. The van der Waals surface area contributed by atoms with Crippen molar-refractivity contribution in [3.63, 3.8) is 0 Å². The van der Waals surface area contributed by atoms with Gasteiger partial charge in [0.05, 0.1) is 8.66 Å². The van der Waals surface area contributed by atoms with Gasteiger partial charge in [-0.2, -0.15) is 13.2 Å². The van der Waals surface area contributed by atoms with E-state index in [0.717, 1.165) is 16.2 Å². The molecule has 0 aliphatic carbocycles. The molecule has 0 aliphatic rings. The highest BCUT2D eigenvalue weighted by Gasteiger charge is 2.34. The number of rotatable bonds is 4. The number of alkyl halides is 3. The van der Waals surface area contributed by atoms with Crippen LogP contribution in [-0.4, -0.2) is 55.0 Å². The first-order valence-electron chi connectivity index (χ1n) is 5.41. The van der Waals surface area contributed by atoms with E-state index < -0.39 is 31.1 Å². The highest BCUT2D eigenvalue weighted by Crippen LogP contribution is 2.25. The molecule has 0 aliphatic heterocycles. The summed E-state index contributed by atoms with van der Waals surface area (Å²) in [6.07, 6.45) is -4.56. The van der Waals surface area contributed by atoms with Crippen molar-refractivity contribution in [3.8, 4) is 0 Å². The Hall–Kier alpha value is -1.09. The Bertz CT molecular complexity index is 502. The Morgan fingerprint density at radius 3 is 2.30 bits per heavy atom. The zero-order chi connectivity index (χ0) is 15.5. The molecule has 4 nitrogen and oxygen atoms in total. The normalized spacial score (nSPS) is 11.3. The molecular formula is C11H12BrF3N2O2S. The quantitative estimate of drug-likeness (QED) is 0.814. The highest BCUT2D eigenvalue weighted by atomic mass is 79.9. The molecular weight excluding hydrogens is 361 g/mol. The summed E-state index contributed by atoms with van der Waals surface area (Å²) in [5, 5.41) is 0. The third-order valence-electron chi connectivity index (χ3n) is 2.27. The molecule has 9 heteroatoms. The van der Waals surface area contributed by atoms with Crippen LogP contribution in [-0.2, 0) is 4.79 Å². The van der Waals surface area contributed by atoms with Crippen molar-refractivity contribution < 1.29 is 22.8 Å². The highest BCUT2D eigenvalue weighted by molar-refractivity contribution is 9.11. The largest absolute Gasteiger partial charge is 0.406 e. The summed E-state index contributed by atoms with van der Waals surface area (Å²) in [4.78, 5) is 25.4. The van der Waals surface area contributed by atoms with E-state index in [4.69, 9.17) is 0 Å². The van der Waals surface area contributed by atoms with Crippen LogP contribution in [0.4, 0.5) is 13.2 Å². The first-order valence-corrected chi connectivity index (χ1v) is 7.02. The van der Waals surface area contributed by atoms with E-state index in [1.807, 2.05) is 0 Å². The Morgan fingerprint density at radius 2 is 1.90 bits per heavy atom. The molecule has 0 spiro atoms. The molecule has 1 rings (SSSR count). The zero-order valence-electron chi connectivity index (χ0n) is 10.7. The van der Waals surface area contributed by atoms with E-state index in [-0.39, 0.29) is 4.88 Å². The number of hydrogen-bond acceptors (Lipinski definition) is 3. The SMILES string of the molecule is CN(C)C(=O)CN(CC(F)(F)F)C(=O)c1ccc(Br)s1. The molecule has 1 aromatic heterocycles. The van der Waals surface area contributed by atoms with Gasteiger partial charge in [0.2, 0.25) is 5.91 Å². The van der Waals surface area contributed by atoms with Crippen LogP contribution in [0.3, 0.4) is 0 Å². The van der Waals surface area contributed by atoms with Crippen LogP contribution in [0.1, 0.15) is 9.67 Å². The summed E-state index contributed by atoms with van der Waals surface area (Å²) in [7, 11) is 2.83. The maximum Gasteiger partial charge on any atom is 0.406 e. The van der Waals surface area contributed by atoms with Crippen molar-refractivity contribution in [2.75, 3.05) is 27.2 Å². The molecule has 0 radical (unpaired) electrons. The fourth-order valence-corrected chi connectivity index (χ4v) is 2.66. The van der Waals surface area contributed by atoms with Gasteiger partial charge in [0, 0.05) is 14.1 Å².